The van der Waals surface area contributed by atoms with Gasteiger partial charge in [0.15, 0.2) is 9.84 Å². The van der Waals surface area contributed by atoms with E-state index in [1.165, 1.54) is 0 Å². The average molecular weight is 385 g/mol. The van der Waals surface area contributed by atoms with Gasteiger partial charge in [-0.2, -0.15) is 0 Å². The second-order valence-corrected chi connectivity index (χ2v) is 9.50. The van der Waals surface area contributed by atoms with Gasteiger partial charge in [0.1, 0.15) is 5.75 Å². The average Bonchev–Trinajstić information content (AvgIpc) is 3.06. The number of sulfone groups is 1. The van der Waals surface area contributed by atoms with Crippen molar-refractivity contribution in [1.29, 1.82) is 0 Å². The zero-order valence-corrected chi connectivity index (χ0v) is 15.9. The van der Waals surface area contributed by atoms with E-state index in [4.69, 9.17) is 4.74 Å². The topological polar surface area (TPSA) is 72.5 Å². The van der Waals surface area contributed by atoms with Crippen molar-refractivity contribution in [1.82, 2.24) is 5.32 Å². The Hall–Kier alpha value is -2.34. The lowest BCUT2D eigenvalue weighted by atomic mass is 9.94. The number of ether oxygens (including phenoxy) is 1. The Morgan fingerprint density at radius 1 is 1.11 bits per heavy atom. The molecule has 1 saturated heterocycles. The third-order valence-corrected chi connectivity index (χ3v) is 7.06. The molecule has 0 spiro atoms. The third-order valence-electron chi connectivity index (χ3n) is 5.29. The van der Waals surface area contributed by atoms with Crippen molar-refractivity contribution in [2.75, 3.05) is 18.1 Å². The molecule has 5 nitrogen and oxygen atoms in total. The quantitative estimate of drug-likeness (QED) is 0.878. The van der Waals surface area contributed by atoms with Crippen LogP contribution in [0.2, 0.25) is 0 Å². The first-order valence-corrected chi connectivity index (χ1v) is 11.2. The molecular formula is C21H23NO4S. The van der Waals surface area contributed by atoms with E-state index in [2.05, 4.69) is 11.4 Å². The SMILES string of the molecule is O=C(N[C@H](c1ccccc1)c1ccc2c(c1)CCCO2)[C@H]1CCS(=O)(=O)C1. The Balaban J connectivity index is 1.63. The molecule has 27 heavy (non-hydrogen) atoms. The second kappa shape index (κ2) is 7.35. The summed E-state index contributed by atoms with van der Waals surface area (Å²) < 4.78 is 29.2. The number of amides is 1. The van der Waals surface area contributed by atoms with Crippen LogP contribution in [0.4, 0.5) is 0 Å². The van der Waals surface area contributed by atoms with Crippen molar-refractivity contribution in [3.05, 3.63) is 65.2 Å². The Morgan fingerprint density at radius 2 is 1.93 bits per heavy atom. The fourth-order valence-electron chi connectivity index (χ4n) is 3.83. The second-order valence-electron chi connectivity index (χ2n) is 7.27. The summed E-state index contributed by atoms with van der Waals surface area (Å²) in [4.78, 5) is 12.8. The predicted molar refractivity (Wildman–Crippen MR) is 103 cm³/mol. The molecule has 2 aliphatic rings. The molecule has 1 amide bonds. The van der Waals surface area contributed by atoms with Crippen molar-refractivity contribution >= 4 is 15.7 Å². The Kier molecular flexibility index (Phi) is 4.91. The lowest BCUT2D eigenvalue weighted by Gasteiger charge is -2.24. The van der Waals surface area contributed by atoms with Crippen LogP contribution < -0.4 is 10.1 Å². The number of carbonyl (C=O) groups is 1. The van der Waals surface area contributed by atoms with E-state index in [1.807, 2.05) is 42.5 Å². The Labute approximate surface area is 159 Å². The number of fused-ring (bicyclic) bond motifs is 1. The predicted octanol–water partition coefficient (Wildman–Crippen LogP) is 2.65. The van der Waals surface area contributed by atoms with Gasteiger partial charge >= 0.3 is 0 Å². The maximum absolute atomic E-state index is 12.8. The maximum Gasteiger partial charge on any atom is 0.224 e. The summed E-state index contributed by atoms with van der Waals surface area (Å²) in [6.45, 7) is 0.737. The molecule has 6 heteroatoms. The van der Waals surface area contributed by atoms with Gasteiger partial charge in [0.25, 0.3) is 0 Å². The van der Waals surface area contributed by atoms with Gasteiger partial charge in [-0.15, -0.1) is 0 Å². The first-order chi connectivity index (χ1) is 13.0. The standard InChI is InChI=1S/C21H23NO4S/c23-21(18-10-12-27(24,25)14-18)22-20(15-5-2-1-3-6-15)17-8-9-19-16(13-17)7-4-11-26-19/h1-3,5-6,8-9,13,18,20H,4,7,10-12,14H2,(H,22,23)/t18-,20+/m0/s1. The highest BCUT2D eigenvalue weighted by molar-refractivity contribution is 7.91. The van der Waals surface area contributed by atoms with Crippen molar-refractivity contribution in [2.24, 2.45) is 5.92 Å². The van der Waals surface area contributed by atoms with Crippen molar-refractivity contribution in [3.63, 3.8) is 0 Å². The fourth-order valence-corrected chi connectivity index (χ4v) is 5.57. The van der Waals surface area contributed by atoms with E-state index in [9.17, 15) is 13.2 Å². The highest BCUT2D eigenvalue weighted by Gasteiger charge is 2.34. The van der Waals surface area contributed by atoms with Gasteiger partial charge in [0.05, 0.1) is 30.1 Å². The number of hydrogen-bond donors (Lipinski definition) is 1. The zero-order valence-electron chi connectivity index (χ0n) is 15.1. The van der Waals surface area contributed by atoms with E-state index in [1.54, 1.807) is 0 Å². The molecule has 2 aromatic rings. The van der Waals surface area contributed by atoms with E-state index in [0.717, 1.165) is 41.9 Å². The van der Waals surface area contributed by atoms with Crippen LogP contribution in [-0.2, 0) is 21.1 Å². The van der Waals surface area contributed by atoms with Crippen LogP contribution in [0.15, 0.2) is 48.5 Å². The molecule has 2 aliphatic heterocycles. The Bertz CT molecular complexity index is 940. The summed E-state index contributed by atoms with van der Waals surface area (Å²) in [5.41, 5.74) is 3.11. The molecule has 142 valence electrons. The minimum Gasteiger partial charge on any atom is -0.493 e. The van der Waals surface area contributed by atoms with E-state index >= 15 is 0 Å². The van der Waals surface area contributed by atoms with E-state index in [-0.39, 0.29) is 23.5 Å². The fraction of sp³-hybridized carbons (Fsp3) is 0.381. The van der Waals surface area contributed by atoms with Crippen LogP contribution in [0.1, 0.15) is 35.6 Å². The van der Waals surface area contributed by atoms with Crippen LogP contribution in [0, 0.1) is 5.92 Å². The van der Waals surface area contributed by atoms with Gasteiger partial charge in [-0.3, -0.25) is 4.79 Å². The number of aryl methyl sites for hydroxylation is 1. The van der Waals surface area contributed by atoms with Gasteiger partial charge in [-0.05, 0) is 48.1 Å². The van der Waals surface area contributed by atoms with Gasteiger partial charge in [0.2, 0.25) is 5.91 Å². The van der Waals surface area contributed by atoms with E-state index < -0.39 is 15.8 Å². The molecule has 1 fully saturated rings. The van der Waals surface area contributed by atoms with Crippen LogP contribution in [0.25, 0.3) is 0 Å². The largest absolute Gasteiger partial charge is 0.493 e. The number of hydrogen-bond acceptors (Lipinski definition) is 4. The molecule has 2 atom stereocenters. The first kappa shape index (κ1) is 18.0. The number of carbonyl (C=O) groups excluding carboxylic acids is 1. The van der Waals surface area contributed by atoms with Crippen LogP contribution in [-0.4, -0.2) is 32.4 Å². The summed E-state index contributed by atoms with van der Waals surface area (Å²) >= 11 is 0. The molecule has 0 radical (unpaired) electrons. The molecule has 0 bridgehead atoms. The molecule has 1 N–H and O–H groups in total. The summed E-state index contributed by atoms with van der Waals surface area (Å²) in [5.74, 6) is 0.279. The number of nitrogens with one attached hydrogen (secondary N) is 1. The smallest absolute Gasteiger partial charge is 0.224 e. The maximum atomic E-state index is 12.8. The highest BCUT2D eigenvalue weighted by atomic mass is 32.2. The zero-order chi connectivity index (χ0) is 18.9. The van der Waals surface area contributed by atoms with Gasteiger partial charge < -0.3 is 10.1 Å². The monoisotopic (exact) mass is 385 g/mol. The highest BCUT2D eigenvalue weighted by Crippen LogP contribution is 2.31. The third kappa shape index (κ3) is 4.00. The van der Waals surface area contributed by atoms with E-state index in [0.29, 0.717) is 6.42 Å². The summed E-state index contributed by atoms with van der Waals surface area (Å²) in [7, 11) is -3.09. The molecule has 0 aromatic heterocycles. The Morgan fingerprint density at radius 3 is 2.67 bits per heavy atom. The van der Waals surface area contributed by atoms with Crippen molar-refractivity contribution < 1.29 is 17.9 Å². The molecule has 0 aliphatic carbocycles. The molecule has 2 aromatic carbocycles. The van der Waals surface area contributed by atoms with Gasteiger partial charge in [0, 0.05) is 0 Å². The van der Waals surface area contributed by atoms with Crippen molar-refractivity contribution in [2.45, 2.75) is 25.3 Å². The number of rotatable bonds is 4. The summed E-state index contributed by atoms with van der Waals surface area (Å²) in [6.07, 6.45) is 2.34. The normalized spacial score (nSPS) is 21.7. The lowest BCUT2D eigenvalue weighted by molar-refractivity contribution is -0.124. The first-order valence-electron chi connectivity index (χ1n) is 9.33. The lowest BCUT2D eigenvalue weighted by Crippen LogP contribution is -2.35. The van der Waals surface area contributed by atoms with Crippen LogP contribution >= 0.6 is 0 Å². The molecule has 0 saturated carbocycles. The molecule has 4 rings (SSSR count). The summed E-state index contributed by atoms with van der Waals surface area (Å²) in [5, 5.41) is 3.09. The minimum absolute atomic E-state index is 0.0572. The number of benzene rings is 2. The van der Waals surface area contributed by atoms with Gasteiger partial charge in [-0.1, -0.05) is 36.4 Å². The minimum atomic E-state index is -3.09. The van der Waals surface area contributed by atoms with Crippen molar-refractivity contribution in [3.8, 4) is 5.75 Å². The van der Waals surface area contributed by atoms with Crippen LogP contribution in [0.5, 0.6) is 5.75 Å². The summed E-state index contributed by atoms with van der Waals surface area (Å²) in [6, 6.07) is 15.5. The molecule has 2 heterocycles. The molecular weight excluding hydrogens is 362 g/mol. The molecule has 0 unspecified atom stereocenters. The van der Waals surface area contributed by atoms with Crippen LogP contribution in [0.3, 0.4) is 0 Å². The van der Waals surface area contributed by atoms with Gasteiger partial charge in [-0.25, -0.2) is 8.42 Å².